The van der Waals surface area contributed by atoms with E-state index in [4.69, 9.17) is 4.42 Å². The molecule has 1 amide bonds. The van der Waals surface area contributed by atoms with Crippen molar-refractivity contribution in [2.45, 2.75) is 38.6 Å². The van der Waals surface area contributed by atoms with E-state index >= 15 is 0 Å². The Kier molecular flexibility index (Phi) is 5.00. The summed E-state index contributed by atoms with van der Waals surface area (Å²) in [4.78, 5) is 12.0. The van der Waals surface area contributed by atoms with Crippen LogP contribution in [0.4, 0.5) is 0 Å². The quantitative estimate of drug-likeness (QED) is 0.895. The summed E-state index contributed by atoms with van der Waals surface area (Å²) in [6.45, 7) is 1.91. The Morgan fingerprint density at radius 3 is 2.91 bits per heavy atom. The van der Waals surface area contributed by atoms with Gasteiger partial charge in [-0.3, -0.25) is 9.48 Å². The topological polar surface area (TPSA) is 85.8 Å². The fraction of sp³-hybridized carbons (Fsp3) is 0.600. The lowest BCUT2D eigenvalue weighted by molar-refractivity contribution is -0.121. The van der Waals surface area contributed by atoms with E-state index in [1.807, 2.05) is 31.8 Å². The number of nitrogens with zero attached hydrogens (tertiary/aromatic N) is 4. The van der Waals surface area contributed by atoms with Crippen LogP contribution in [0.2, 0.25) is 0 Å². The number of rotatable bonds is 5. The number of thioether (sulfide) groups is 1. The number of carbonyl (C=O) groups is 1. The predicted octanol–water partition coefficient (Wildman–Crippen LogP) is 1.72. The van der Waals surface area contributed by atoms with Crippen molar-refractivity contribution >= 4 is 17.7 Å². The lowest BCUT2D eigenvalue weighted by Gasteiger charge is -2.22. The molecule has 0 aliphatic carbocycles. The van der Waals surface area contributed by atoms with E-state index < -0.39 is 0 Å². The van der Waals surface area contributed by atoms with Gasteiger partial charge in [0.15, 0.2) is 0 Å². The first-order chi connectivity index (χ1) is 11.1. The highest BCUT2D eigenvalue weighted by molar-refractivity contribution is 7.99. The van der Waals surface area contributed by atoms with E-state index in [0.29, 0.717) is 30.7 Å². The van der Waals surface area contributed by atoms with Gasteiger partial charge in [0.05, 0.1) is 5.69 Å². The number of carbonyl (C=O) groups excluding carboxylic acids is 1. The van der Waals surface area contributed by atoms with E-state index in [-0.39, 0.29) is 5.91 Å². The van der Waals surface area contributed by atoms with Gasteiger partial charge in [-0.25, -0.2) is 0 Å². The van der Waals surface area contributed by atoms with E-state index in [0.717, 1.165) is 35.7 Å². The number of amides is 1. The smallest absolute Gasteiger partial charge is 0.265 e. The average molecular weight is 335 g/mol. The van der Waals surface area contributed by atoms with Crippen molar-refractivity contribution in [2.24, 2.45) is 7.05 Å². The molecule has 1 aliphatic heterocycles. The number of aromatic nitrogens is 4. The first-order valence-electron chi connectivity index (χ1n) is 7.82. The van der Waals surface area contributed by atoms with Crippen molar-refractivity contribution in [3.63, 3.8) is 0 Å². The third kappa shape index (κ3) is 4.13. The van der Waals surface area contributed by atoms with Crippen LogP contribution in [-0.4, -0.2) is 43.4 Å². The highest BCUT2D eigenvalue weighted by Gasteiger charge is 2.17. The Labute approximate surface area is 139 Å². The van der Waals surface area contributed by atoms with Gasteiger partial charge >= 0.3 is 0 Å². The largest absolute Gasteiger partial charge is 0.419 e. The van der Waals surface area contributed by atoms with Crippen LogP contribution in [0.5, 0.6) is 0 Å². The van der Waals surface area contributed by atoms with E-state index in [2.05, 4.69) is 20.6 Å². The normalized spacial score (nSPS) is 15.7. The van der Waals surface area contributed by atoms with Crippen LogP contribution in [0, 0.1) is 6.92 Å². The van der Waals surface area contributed by atoms with Gasteiger partial charge in [-0.1, -0.05) is 0 Å². The molecule has 2 aromatic rings. The Hall–Kier alpha value is -1.83. The SMILES string of the molecule is Cc1cc(-c2nnc(CCC(=O)NC3CCSCC3)o2)n(C)n1. The Bertz CT molecular complexity index is 675. The summed E-state index contributed by atoms with van der Waals surface area (Å²) >= 11 is 1.95. The number of hydrogen-bond donors (Lipinski definition) is 1. The average Bonchev–Trinajstić information content (AvgIpc) is 3.12. The minimum atomic E-state index is 0.0537. The van der Waals surface area contributed by atoms with Crippen LogP contribution in [0.3, 0.4) is 0 Å². The van der Waals surface area contributed by atoms with E-state index in [9.17, 15) is 4.79 Å². The highest BCUT2D eigenvalue weighted by Crippen LogP contribution is 2.19. The van der Waals surface area contributed by atoms with Gasteiger partial charge in [0.25, 0.3) is 5.89 Å². The zero-order chi connectivity index (χ0) is 16.2. The Balaban J connectivity index is 1.53. The fourth-order valence-electron chi connectivity index (χ4n) is 2.63. The Morgan fingerprint density at radius 1 is 1.43 bits per heavy atom. The van der Waals surface area contributed by atoms with Crippen molar-refractivity contribution in [1.29, 1.82) is 0 Å². The fourth-order valence-corrected chi connectivity index (χ4v) is 3.74. The van der Waals surface area contributed by atoms with Crippen molar-refractivity contribution in [3.05, 3.63) is 17.7 Å². The van der Waals surface area contributed by atoms with Crippen molar-refractivity contribution in [2.75, 3.05) is 11.5 Å². The second-order valence-corrected chi connectivity index (χ2v) is 6.97. The van der Waals surface area contributed by atoms with Gasteiger partial charge in [0, 0.05) is 25.9 Å². The molecule has 0 saturated carbocycles. The molecule has 3 rings (SSSR count). The lowest BCUT2D eigenvalue weighted by atomic mass is 10.1. The predicted molar refractivity (Wildman–Crippen MR) is 88.0 cm³/mol. The molecule has 3 heterocycles. The Morgan fingerprint density at radius 2 is 2.22 bits per heavy atom. The molecule has 1 saturated heterocycles. The molecule has 1 N–H and O–H groups in total. The zero-order valence-corrected chi connectivity index (χ0v) is 14.2. The van der Waals surface area contributed by atoms with Crippen LogP contribution in [0.15, 0.2) is 10.5 Å². The van der Waals surface area contributed by atoms with Crippen LogP contribution in [0.1, 0.15) is 30.8 Å². The number of nitrogens with one attached hydrogen (secondary N) is 1. The summed E-state index contributed by atoms with van der Waals surface area (Å²) < 4.78 is 7.35. The van der Waals surface area contributed by atoms with Gasteiger partial charge < -0.3 is 9.73 Å². The van der Waals surface area contributed by atoms with Crippen LogP contribution < -0.4 is 5.32 Å². The zero-order valence-electron chi connectivity index (χ0n) is 13.4. The van der Waals surface area contributed by atoms with Gasteiger partial charge in [-0.05, 0) is 37.3 Å². The summed E-state index contributed by atoms with van der Waals surface area (Å²) in [5.41, 5.74) is 1.68. The second-order valence-electron chi connectivity index (χ2n) is 5.75. The molecule has 7 nitrogen and oxygen atoms in total. The van der Waals surface area contributed by atoms with E-state index in [1.54, 1.807) is 4.68 Å². The molecular weight excluding hydrogens is 314 g/mol. The third-order valence-electron chi connectivity index (χ3n) is 3.84. The maximum absolute atomic E-state index is 12.0. The molecule has 1 fully saturated rings. The molecule has 0 aromatic carbocycles. The van der Waals surface area contributed by atoms with Crippen LogP contribution in [0.25, 0.3) is 11.6 Å². The maximum atomic E-state index is 12.0. The summed E-state index contributed by atoms with van der Waals surface area (Å²) in [6, 6.07) is 2.21. The second kappa shape index (κ2) is 7.16. The minimum Gasteiger partial charge on any atom is -0.419 e. The maximum Gasteiger partial charge on any atom is 0.265 e. The number of aryl methyl sites for hydroxylation is 3. The van der Waals surface area contributed by atoms with Crippen molar-refractivity contribution in [3.8, 4) is 11.6 Å². The van der Waals surface area contributed by atoms with Gasteiger partial charge in [0.2, 0.25) is 11.8 Å². The molecule has 0 atom stereocenters. The molecule has 8 heteroatoms. The summed E-state index contributed by atoms with van der Waals surface area (Å²) in [5, 5.41) is 15.4. The number of hydrogen-bond acceptors (Lipinski definition) is 6. The highest BCUT2D eigenvalue weighted by atomic mass is 32.2. The lowest BCUT2D eigenvalue weighted by Crippen LogP contribution is -2.37. The van der Waals surface area contributed by atoms with Gasteiger partial charge in [0.1, 0.15) is 5.69 Å². The molecule has 1 aliphatic rings. The van der Waals surface area contributed by atoms with Crippen LogP contribution in [-0.2, 0) is 18.3 Å². The summed E-state index contributed by atoms with van der Waals surface area (Å²) in [5.74, 6) is 3.23. The summed E-state index contributed by atoms with van der Waals surface area (Å²) in [7, 11) is 1.84. The van der Waals surface area contributed by atoms with Gasteiger partial charge in [-0.2, -0.15) is 16.9 Å². The van der Waals surface area contributed by atoms with Crippen LogP contribution >= 0.6 is 11.8 Å². The van der Waals surface area contributed by atoms with Crippen molar-refractivity contribution < 1.29 is 9.21 Å². The minimum absolute atomic E-state index is 0.0537. The van der Waals surface area contributed by atoms with E-state index in [1.165, 1.54) is 0 Å². The molecule has 124 valence electrons. The molecule has 23 heavy (non-hydrogen) atoms. The molecule has 2 aromatic heterocycles. The van der Waals surface area contributed by atoms with Gasteiger partial charge in [-0.15, -0.1) is 10.2 Å². The molecule has 0 unspecified atom stereocenters. The molecule has 0 spiro atoms. The first kappa shape index (κ1) is 16.0. The molecule has 0 radical (unpaired) electrons. The van der Waals surface area contributed by atoms with Crippen molar-refractivity contribution in [1.82, 2.24) is 25.3 Å². The first-order valence-corrected chi connectivity index (χ1v) is 8.98. The molecule has 0 bridgehead atoms. The third-order valence-corrected chi connectivity index (χ3v) is 4.89. The summed E-state index contributed by atoms with van der Waals surface area (Å²) in [6.07, 6.45) is 2.94. The standard InChI is InChI=1S/C15H21N5O2S/c1-10-9-12(20(2)19-10)15-18-17-14(22-15)4-3-13(21)16-11-5-7-23-8-6-11/h9,11H,3-8H2,1-2H3,(H,16,21). The monoisotopic (exact) mass is 335 g/mol. The molecular formula is C15H21N5O2S.